The molecule has 0 saturated carbocycles. The lowest BCUT2D eigenvalue weighted by molar-refractivity contribution is -0.174. The molecule has 12 nitrogen and oxygen atoms in total. The second-order valence-electron chi connectivity index (χ2n) is 9.99. The summed E-state index contributed by atoms with van der Waals surface area (Å²) in [5.74, 6) is -2.00. The number of likely N-dealkylation sites (tertiary alicyclic amines) is 1. The highest BCUT2D eigenvalue weighted by Crippen LogP contribution is 2.47. The van der Waals surface area contributed by atoms with Crippen molar-refractivity contribution >= 4 is 45.3 Å². The number of carbonyl (C=O) groups excluding carboxylic acids is 4. The first-order valence-electron chi connectivity index (χ1n) is 12.4. The summed E-state index contributed by atoms with van der Waals surface area (Å²) in [4.78, 5) is 65.4. The van der Waals surface area contributed by atoms with Gasteiger partial charge >= 0.3 is 5.97 Å². The van der Waals surface area contributed by atoms with E-state index in [0.717, 1.165) is 14.8 Å². The summed E-state index contributed by atoms with van der Waals surface area (Å²) in [6.07, 6.45) is 0. The summed E-state index contributed by atoms with van der Waals surface area (Å²) in [6.45, 7) is 8.51. The maximum absolute atomic E-state index is 13.8. The summed E-state index contributed by atoms with van der Waals surface area (Å²) >= 11 is 0. The summed E-state index contributed by atoms with van der Waals surface area (Å²) < 4.78 is 23.0. The normalized spacial score (nSPS) is 23.0. The zero-order chi connectivity index (χ0) is 30.1. The summed E-state index contributed by atoms with van der Waals surface area (Å²) in [5.41, 5.74) is -0.176. The Balaban J connectivity index is 1.63. The fraction of sp³-hybridized carbons (Fsp3) is 0.333. The molecule has 216 valence electrons. The number of ether oxygens (including phenoxy) is 2. The molecule has 2 aliphatic rings. The van der Waals surface area contributed by atoms with E-state index in [-0.39, 0.29) is 24.4 Å². The highest BCUT2D eigenvalue weighted by atomic mass is 35.7. The van der Waals surface area contributed by atoms with Gasteiger partial charge in [-0.15, -0.1) is 4.91 Å². The average molecular weight is 603 g/mol. The zero-order valence-electron chi connectivity index (χ0n) is 22.3. The van der Waals surface area contributed by atoms with Gasteiger partial charge in [0.25, 0.3) is 18.3 Å². The van der Waals surface area contributed by atoms with E-state index >= 15 is 0 Å². The van der Waals surface area contributed by atoms with E-state index in [1.165, 1.54) is 45.0 Å². The number of nitrogens with zero attached hydrogens (tertiary/aromatic N) is 4. The van der Waals surface area contributed by atoms with Crippen molar-refractivity contribution in [3.8, 4) is 5.75 Å². The molecule has 5 atom stereocenters. The van der Waals surface area contributed by atoms with Crippen molar-refractivity contribution in [1.29, 1.82) is 0 Å². The Morgan fingerprint density at radius 2 is 1.80 bits per heavy atom. The molecule has 2 amide bonds. The van der Waals surface area contributed by atoms with Gasteiger partial charge in [0.2, 0.25) is 5.37 Å². The van der Waals surface area contributed by atoms with Crippen LogP contribution in [0.1, 0.15) is 37.9 Å². The Morgan fingerprint density at radius 1 is 1.17 bits per heavy atom. The number of hydrogen-bond acceptors (Lipinski definition) is 9. The van der Waals surface area contributed by atoms with E-state index in [1.807, 2.05) is 6.07 Å². The second kappa shape index (κ2) is 11.9. The van der Waals surface area contributed by atoms with Gasteiger partial charge in [-0.1, -0.05) is 49.0 Å². The van der Waals surface area contributed by atoms with Gasteiger partial charge < -0.3 is 14.0 Å². The summed E-state index contributed by atoms with van der Waals surface area (Å²) in [7, 11) is 3.81. The van der Waals surface area contributed by atoms with Gasteiger partial charge in [0.05, 0.1) is 15.7 Å². The number of amides is 2. The number of carbonyl (C=O) groups is 4. The van der Waals surface area contributed by atoms with Crippen molar-refractivity contribution < 1.29 is 33.2 Å². The molecule has 2 aromatic rings. The maximum atomic E-state index is 13.8. The standard InChI is InChI=1S/C27H27ClN4O8S/c1-16(2)20(26(36)39-14-17-8-6-5-7-9-17)30-23(34)22(25(30)41(28)38)31-24(35)21(32(29-37)27(31,3)4)18-10-12-19(13-11-18)40-15-33/h5-13,15,20-22,25H,1,14H2,2-4H3. The lowest BCUT2D eigenvalue weighted by atomic mass is 9.96. The molecule has 41 heavy (non-hydrogen) atoms. The molecule has 0 spiro atoms. The lowest BCUT2D eigenvalue weighted by Gasteiger charge is -2.52. The Bertz CT molecular complexity index is 1360. The highest BCUT2D eigenvalue weighted by Gasteiger charge is 2.68. The summed E-state index contributed by atoms with van der Waals surface area (Å²) in [5, 5.41) is 2.73. The topological polar surface area (TPSA) is 149 Å². The van der Waals surface area contributed by atoms with Crippen LogP contribution < -0.4 is 4.74 Å². The molecule has 0 aromatic heterocycles. The molecule has 2 heterocycles. The van der Waals surface area contributed by atoms with Crippen LogP contribution in [0.2, 0.25) is 0 Å². The van der Waals surface area contributed by atoms with Gasteiger partial charge in [-0.2, -0.15) is 0 Å². The molecule has 14 heteroatoms. The van der Waals surface area contributed by atoms with Crippen molar-refractivity contribution in [2.75, 3.05) is 0 Å². The minimum absolute atomic E-state index is 0.0699. The third-order valence-electron chi connectivity index (χ3n) is 7.05. The van der Waals surface area contributed by atoms with Crippen molar-refractivity contribution in [3.05, 3.63) is 82.8 Å². The van der Waals surface area contributed by atoms with E-state index < -0.39 is 57.3 Å². The Morgan fingerprint density at radius 3 is 2.34 bits per heavy atom. The van der Waals surface area contributed by atoms with E-state index in [1.54, 1.807) is 24.3 Å². The average Bonchev–Trinajstić information content (AvgIpc) is 3.13. The van der Waals surface area contributed by atoms with Crippen LogP contribution in [0.5, 0.6) is 5.75 Å². The number of rotatable bonds is 11. The van der Waals surface area contributed by atoms with Gasteiger partial charge in [-0.3, -0.25) is 24.2 Å². The molecule has 0 aliphatic carbocycles. The van der Waals surface area contributed by atoms with Gasteiger partial charge in [-0.05, 0) is 49.6 Å². The van der Waals surface area contributed by atoms with Crippen molar-refractivity contribution in [2.45, 2.75) is 56.5 Å². The Labute approximate surface area is 243 Å². The van der Waals surface area contributed by atoms with Crippen molar-refractivity contribution in [2.24, 2.45) is 5.29 Å². The van der Waals surface area contributed by atoms with Crippen molar-refractivity contribution in [3.63, 3.8) is 0 Å². The van der Waals surface area contributed by atoms with Crippen LogP contribution in [0.15, 0.2) is 72.0 Å². The molecule has 0 N–H and O–H groups in total. The minimum Gasteiger partial charge on any atom is -0.597 e. The quantitative estimate of drug-likeness (QED) is 0.0944. The third-order valence-corrected chi connectivity index (χ3v) is 8.46. The van der Waals surface area contributed by atoms with Crippen molar-refractivity contribution in [1.82, 2.24) is 14.8 Å². The molecule has 2 aliphatic heterocycles. The lowest BCUT2D eigenvalue weighted by Crippen LogP contribution is -2.77. The molecule has 2 aromatic carbocycles. The van der Waals surface area contributed by atoms with Crippen LogP contribution in [0, 0.1) is 4.91 Å². The van der Waals surface area contributed by atoms with Crippen LogP contribution >= 0.6 is 10.7 Å². The zero-order valence-corrected chi connectivity index (χ0v) is 23.9. The molecule has 0 bridgehead atoms. The third kappa shape index (κ3) is 5.39. The molecular formula is C27H27ClN4O8S. The largest absolute Gasteiger partial charge is 0.597 e. The van der Waals surface area contributed by atoms with Crippen LogP contribution in [0.4, 0.5) is 0 Å². The first kappa shape index (κ1) is 30.0. The monoisotopic (exact) mass is 602 g/mol. The molecule has 2 fully saturated rings. The maximum Gasteiger partial charge on any atom is 0.333 e. The van der Waals surface area contributed by atoms with Gasteiger partial charge in [0.15, 0.2) is 28.8 Å². The molecular weight excluding hydrogens is 576 g/mol. The van der Waals surface area contributed by atoms with E-state index in [2.05, 4.69) is 11.9 Å². The van der Waals surface area contributed by atoms with E-state index in [0.29, 0.717) is 11.1 Å². The molecule has 4 rings (SSSR count). The van der Waals surface area contributed by atoms with Gasteiger partial charge in [0, 0.05) is 0 Å². The first-order chi connectivity index (χ1) is 19.4. The second-order valence-corrected chi connectivity index (χ2v) is 11.9. The van der Waals surface area contributed by atoms with Crippen LogP contribution in [0.25, 0.3) is 0 Å². The number of halogens is 1. The Kier molecular flexibility index (Phi) is 8.71. The highest BCUT2D eigenvalue weighted by molar-refractivity contribution is 8.14. The van der Waals surface area contributed by atoms with Crippen LogP contribution in [-0.4, -0.2) is 66.7 Å². The number of esters is 1. The SMILES string of the molecule is C=C(C)C(C(=O)OCc1ccccc1)N1C(=O)C(N2C(=O)C(c3ccc(OC=O)cc3)N(N=O)C2(C)C)C1[S+]([O-])Cl. The predicted molar refractivity (Wildman–Crippen MR) is 148 cm³/mol. The van der Waals surface area contributed by atoms with Crippen LogP contribution in [0.3, 0.4) is 0 Å². The Hall–Kier alpha value is -3.94. The smallest absolute Gasteiger partial charge is 0.333 e. The van der Waals surface area contributed by atoms with Crippen LogP contribution in [-0.2, 0) is 40.9 Å². The fourth-order valence-corrected chi connectivity index (χ4v) is 6.55. The first-order valence-corrected chi connectivity index (χ1v) is 14.4. The number of nitroso groups, excluding NO2 is 1. The minimum atomic E-state index is -2.26. The van der Waals surface area contributed by atoms with Gasteiger partial charge in [0.1, 0.15) is 18.0 Å². The molecule has 2 saturated heterocycles. The van der Waals surface area contributed by atoms with E-state index in [4.69, 9.17) is 20.2 Å². The summed E-state index contributed by atoms with van der Waals surface area (Å²) in [6, 6.07) is 10.8. The predicted octanol–water partition coefficient (Wildman–Crippen LogP) is 2.95. The number of β-lactam (4-membered cyclic amide) rings is 1. The van der Waals surface area contributed by atoms with E-state index in [9.17, 15) is 28.6 Å². The molecule has 5 unspecified atom stereocenters. The molecule has 0 radical (unpaired) electrons. The number of benzene rings is 2. The van der Waals surface area contributed by atoms with Gasteiger partial charge in [-0.25, -0.2) is 9.80 Å². The fourth-order valence-electron chi connectivity index (χ4n) is 5.16. The number of hydrogen-bond donors (Lipinski definition) is 0.